The minimum Gasteiger partial charge on any atom is -0.490 e. The zero-order valence-corrected chi connectivity index (χ0v) is 22.2. The topological polar surface area (TPSA) is 94.2 Å². The highest BCUT2D eigenvalue weighted by Gasteiger charge is 2.37. The van der Waals surface area contributed by atoms with Gasteiger partial charge in [-0.3, -0.25) is 9.59 Å². The summed E-state index contributed by atoms with van der Waals surface area (Å²) < 4.78 is 5.98. The number of benzene rings is 2. The summed E-state index contributed by atoms with van der Waals surface area (Å²) in [7, 11) is 3.60. The molecule has 2 saturated heterocycles. The molecule has 1 saturated carbocycles. The molecule has 2 aromatic carbocycles. The fourth-order valence-corrected chi connectivity index (χ4v) is 5.65. The Morgan fingerprint density at radius 2 is 1.55 bits per heavy atom. The minimum atomic E-state index is -0.306. The first kappa shape index (κ1) is 25.9. The van der Waals surface area contributed by atoms with Gasteiger partial charge in [-0.05, 0) is 80.6 Å². The molecular weight excluding hydrogens is 482 g/mol. The Balaban J connectivity index is 1.09. The summed E-state index contributed by atoms with van der Waals surface area (Å²) in [5.41, 5.74) is 2.45. The molecule has 5 rings (SSSR count). The Bertz CT molecular complexity index is 1150. The SMILES string of the molecule is CN1CC(C(=O)N(C)C2CCN(c3ccc(NC(=O)Nc4ccc(OC5CCCC5)cc4)cc3)C2)CC1=O. The standard InChI is InChI=1S/C29H37N5O4/c1-32-18-20(17-27(32)35)28(36)33(2)24-15-16-34(19-24)23-11-7-21(8-12-23)30-29(37)31-22-9-13-26(14-10-22)38-25-5-3-4-6-25/h7-14,20,24-25H,3-6,15-19H2,1-2H3,(H2,30,31,37). The number of rotatable bonds is 7. The van der Waals surface area contributed by atoms with E-state index in [0.29, 0.717) is 30.4 Å². The first-order valence-corrected chi connectivity index (χ1v) is 13.6. The second kappa shape index (κ2) is 11.3. The van der Waals surface area contributed by atoms with Crippen LogP contribution in [0.2, 0.25) is 0 Å². The van der Waals surface area contributed by atoms with Gasteiger partial charge in [0.25, 0.3) is 0 Å². The number of ether oxygens (including phenoxy) is 1. The quantitative estimate of drug-likeness (QED) is 0.573. The molecule has 0 aromatic heterocycles. The van der Waals surface area contributed by atoms with Crippen LogP contribution in [-0.2, 0) is 9.59 Å². The van der Waals surface area contributed by atoms with Gasteiger partial charge in [0.05, 0.1) is 18.1 Å². The fraction of sp³-hybridized carbons (Fsp3) is 0.483. The van der Waals surface area contributed by atoms with E-state index >= 15 is 0 Å². The average Bonchev–Trinajstić information content (AvgIpc) is 3.67. The minimum absolute atomic E-state index is 0.0363. The molecule has 202 valence electrons. The Morgan fingerprint density at radius 3 is 2.16 bits per heavy atom. The van der Waals surface area contributed by atoms with Crippen molar-refractivity contribution in [2.24, 2.45) is 5.92 Å². The Kier molecular flexibility index (Phi) is 7.72. The van der Waals surface area contributed by atoms with Crippen LogP contribution in [0.1, 0.15) is 38.5 Å². The number of urea groups is 1. The zero-order chi connectivity index (χ0) is 26.6. The van der Waals surface area contributed by atoms with Crippen molar-refractivity contribution in [3.05, 3.63) is 48.5 Å². The number of likely N-dealkylation sites (tertiary alicyclic amines) is 1. The van der Waals surface area contributed by atoms with Crippen molar-refractivity contribution >= 4 is 34.9 Å². The van der Waals surface area contributed by atoms with Gasteiger partial charge in [0.2, 0.25) is 11.8 Å². The van der Waals surface area contributed by atoms with Gasteiger partial charge in [-0.25, -0.2) is 4.79 Å². The maximum atomic E-state index is 12.9. The molecule has 0 bridgehead atoms. The van der Waals surface area contributed by atoms with Gasteiger partial charge in [-0.1, -0.05) is 0 Å². The summed E-state index contributed by atoms with van der Waals surface area (Å²) in [6.45, 7) is 2.09. The van der Waals surface area contributed by atoms with E-state index in [1.165, 1.54) is 12.8 Å². The molecule has 9 nitrogen and oxygen atoms in total. The highest BCUT2D eigenvalue weighted by Crippen LogP contribution is 2.27. The monoisotopic (exact) mass is 519 g/mol. The third-order valence-corrected chi connectivity index (χ3v) is 7.96. The molecule has 0 spiro atoms. The second-order valence-corrected chi connectivity index (χ2v) is 10.7. The van der Waals surface area contributed by atoms with E-state index in [0.717, 1.165) is 43.8 Å². The molecule has 4 amide bonds. The second-order valence-electron chi connectivity index (χ2n) is 10.7. The van der Waals surface area contributed by atoms with Gasteiger partial charge < -0.3 is 30.1 Å². The molecule has 2 aromatic rings. The summed E-state index contributed by atoms with van der Waals surface area (Å²) in [6.07, 6.45) is 6.16. The predicted molar refractivity (Wildman–Crippen MR) is 148 cm³/mol. The van der Waals surface area contributed by atoms with Crippen LogP contribution >= 0.6 is 0 Å². The lowest BCUT2D eigenvalue weighted by molar-refractivity contribution is -0.136. The van der Waals surface area contributed by atoms with Gasteiger partial charge in [-0.15, -0.1) is 0 Å². The van der Waals surface area contributed by atoms with E-state index < -0.39 is 0 Å². The van der Waals surface area contributed by atoms with Crippen LogP contribution in [0.15, 0.2) is 48.5 Å². The Labute approximate surface area is 224 Å². The number of hydrogen-bond donors (Lipinski definition) is 2. The Hall–Kier alpha value is -3.75. The lowest BCUT2D eigenvalue weighted by Gasteiger charge is -2.27. The largest absolute Gasteiger partial charge is 0.490 e. The Morgan fingerprint density at radius 1 is 0.921 bits per heavy atom. The van der Waals surface area contributed by atoms with Crippen LogP contribution in [0.3, 0.4) is 0 Å². The van der Waals surface area contributed by atoms with Gasteiger partial charge in [0.15, 0.2) is 0 Å². The fourth-order valence-electron chi connectivity index (χ4n) is 5.65. The van der Waals surface area contributed by atoms with E-state index in [1.54, 1.807) is 11.9 Å². The van der Waals surface area contributed by atoms with Crippen LogP contribution < -0.4 is 20.3 Å². The van der Waals surface area contributed by atoms with Gasteiger partial charge >= 0.3 is 6.03 Å². The molecule has 2 atom stereocenters. The van der Waals surface area contributed by atoms with Crippen LogP contribution in [0.4, 0.5) is 21.9 Å². The summed E-state index contributed by atoms with van der Waals surface area (Å²) in [5.74, 6) is 0.677. The molecule has 2 unspecified atom stereocenters. The number of carbonyl (C=O) groups is 3. The first-order valence-electron chi connectivity index (χ1n) is 13.6. The lowest BCUT2D eigenvalue weighted by Crippen LogP contribution is -2.42. The number of likely N-dealkylation sites (N-methyl/N-ethyl adjacent to an activating group) is 1. The van der Waals surface area contributed by atoms with Gasteiger partial charge in [0, 0.05) is 57.2 Å². The maximum absolute atomic E-state index is 12.9. The summed E-state index contributed by atoms with van der Waals surface area (Å²) >= 11 is 0. The molecule has 2 heterocycles. The van der Waals surface area contributed by atoms with Crippen LogP contribution in [0.5, 0.6) is 5.75 Å². The average molecular weight is 520 g/mol. The van der Waals surface area contributed by atoms with Crippen molar-refractivity contribution in [3.8, 4) is 5.75 Å². The third kappa shape index (κ3) is 6.03. The third-order valence-electron chi connectivity index (χ3n) is 7.96. The van der Waals surface area contributed by atoms with Crippen molar-refractivity contribution < 1.29 is 19.1 Å². The molecule has 3 aliphatic rings. The van der Waals surface area contributed by atoms with E-state index in [2.05, 4.69) is 15.5 Å². The number of hydrogen-bond acceptors (Lipinski definition) is 5. The van der Waals surface area contributed by atoms with Crippen molar-refractivity contribution in [2.45, 2.75) is 50.7 Å². The number of carbonyl (C=O) groups excluding carboxylic acids is 3. The van der Waals surface area contributed by atoms with E-state index in [1.807, 2.05) is 60.5 Å². The molecule has 9 heteroatoms. The predicted octanol–water partition coefficient (Wildman–Crippen LogP) is 4.17. The molecular formula is C29H37N5O4. The van der Waals surface area contributed by atoms with Crippen LogP contribution in [0, 0.1) is 5.92 Å². The van der Waals surface area contributed by atoms with Gasteiger partial charge in [-0.2, -0.15) is 0 Å². The number of nitrogens with zero attached hydrogens (tertiary/aromatic N) is 3. The highest BCUT2D eigenvalue weighted by atomic mass is 16.5. The molecule has 0 radical (unpaired) electrons. The van der Waals surface area contributed by atoms with E-state index in [-0.39, 0.29) is 29.8 Å². The smallest absolute Gasteiger partial charge is 0.323 e. The molecule has 38 heavy (non-hydrogen) atoms. The molecule has 3 fully saturated rings. The van der Waals surface area contributed by atoms with Crippen molar-refractivity contribution in [1.29, 1.82) is 0 Å². The summed E-state index contributed by atoms with van der Waals surface area (Å²) in [5, 5.41) is 5.74. The normalized spacial score (nSPS) is 21.6. The highest BCUT2D eigenvalue weighted by molar-refractivity contribution is 5.99. The summed E-state index contributed by atoms with van der Waals surface area (Å²) in [4.78, 5) is 42.9. The van der Waals surface area contributed by atoms with E-state index in [4.69, 9.17) is 4.74 Å². The number of anilines is 3. The van der Waals surface area contributed by atoms with E-state index in [9.17, 15) is 14.4 Å². The van der Waals surface area contributed by atoms with Crippen LogP contribution in [0.25, 0.3) is 0 Å². The maximum Gasteiger partial charge on any atom is 0.323 e. The van der Waals surface area contributed by atoms with Crippen LogP contribution in [-0.4, -0.2) is 73.5 Å². The lowest BCUT2D eigenvalue weighted by atomic mass is 10.1. The number of nitrogens with one attached hydrogen (secondary N) is 2. The van der Waals surface area contributed by atoms with Crippen molar-refractivity contribution in [2.75, 3.05) is 49.3 Å². The van der Waals surface area contributed by atoms with Gasteiger partial charge in [0.1, 0.15) is 5.75 Å². The zero-order valence-electron chi connectivity index (χ0n) is 22.2. The van der Waals surface area contributed by atoms with Crippen molar-refractivity contribution in [1.82, 2.24) is 9.80 Å². The first-order chi connectivity index (χ1) is 18.4. The molecule has 1 aliphatic carbocycles. The summed E-state index contributed by atoms with van der Waals surface area (Å²) in [6, 6.07) is 15.0. The molecule has 2 N–H and O–H groups in total. The van der Waals surface area contributed by atoms with Crippen molar-refractivity contribution in [3.63, 3.8) is 0 Å². The number of amides is 4. The molecule has 2 aliphatic heterocycles.